The smallest absolute Gasteiger partial charge is 0.0354 e. The first kappa shape index (κ1) is 7.94. The largest absolute Gasteiger partial charge is 0.268 e. The molecular formula is C6H16N4. The molecule has 0 bridgehead atoms. The summed E-state index contributed by atoms with van der Waals surface area (Å²) in [5, 5.41) is 3.68. The summed E-state index contributed by atoms with van der Waals surface area (Å²) in [5.41, 5.74) is 0. The molecule has 1 rings (SSSR count). The quantitative estimate of drug-likeness (QED) is 0.434. The fraction of sp³-hybridized carbons (Fsp3) is 1.00. The van der Waals surface area contributed by atoms with Crippen LogP contribution in [0.4, 0.5) is 0 Å². The van der Waals surface area contributed by atoms with Crippen molar-refractivity contribution in [1.82, 2.24) is 10.0 Å². The second-order valence-electron chi connectivity index (χ2n) is 3.09. The van der Waals surface area contributed by atoms with Crippen LogP contribution in [-0.2, 0) is 0 Å². The predicted molar refractivity (Wildman–Crippen MR) is 40.7 cm³/mol. The minimum Gasteiger partial charge on any atom is -0.268 e. The molecule has 1 aliphatic heterocycles. The van der Waals surface area contributed by atoms with Crippen LogP contribution in [0.1, 0.15) is 13.8 Å². The lowest BCUT2D eigenvalue weighted by atomic mass is 10.2. The van der Waals surface area contributed by atoms with Crippen LogP contribution in [0.2, 0.25) is 0 Å². The van der Waals surface area contributed by atoms with E-state index in [9.17, 15) is 0 Å². The monoisotopic (exact) mass is 144 g/mol. The average molecular weight is 144 g/mol. The molecule has 0 aromatic carbocycles. The molecule has 4 heteroatoms. The van der Waals surface area contributed by atoms with Gasteiger partial charge in [-0.25, -0.2) is 10.0 Å². The molecule has 1 heterocycles. The highest BCUT2D eigenvalue weighted by molar-refractivity contribution is 4.77. The lowest BCUT2D eigenvalue weighted by molar-refractivity contribution is 0.0426. The molecule has 0 saturated carbocycles. The van der Waals surface area contributed by atoms with E-state index in [1.165, 1.54) is 0 Å². The van der Waals surface area contributed by atoms with E-state index >= 15 is 0 Å². The van der Waals surface area contributed by atoms with Gasteiger partial charge in [0.2, 0.25) is 0 Å². The van der Waals surface area contributed by atoms with Crippen LogP contribution in [0, 0.1) is 0 Å². The Morgan fingerprint density at radius 1 is 1.00 bits per heavy atom. The van der Waals surface area contributed by atoms with Crippen molar-refractivity contribution in [1.29, 1.82) is 0 Å². The molecule has 4 nitrogen and oxygen atoms in total. The van der Waals surface area contributed by atoms with E-state index in [1.807, 2.05) is 10.0 Å². The van der Waals surface area contributed by atoms with Gasteiger partial charge in [-0.3, -0.25) is 11.7 Å². The maximum atomic E-state index is 5.68. The Morgan fingerprint density at radius 3 is 1.60 bits per heavy atom. The van der Waals surface area contributed by atoms with Gasteiger partial charge in [-0.15, -0.1) is 0 Å². The Balaban J connectivity index is 2.46. The first-order valence-electron chi connectivity index (χ1n) is 3.64. The first-order valence-corrected chi connectivity index (χ1v) is 3.64. The number of hydrogen-bond acceptors (Lipinski definition) is 4. The van der Waals surface area contributed by atoms with Gasteiger partial charge < -0.3 is 0 Å². The summed E-state index contributed by atoms with van der Waals surface area (Å²) in [6, 6.07) is 0.752. The zero-order chi connectivity index (χ0) is 7.72. The fourth-order valence-electron chi connectivity index (χ4n) is 1.18. The molecule has 2 atom stereocenters. The summed E-state index contributed by atoms with van der Waals surface area (Å²) in [6.45, 7) is 5.87. The lowest BCUT2D eigenvalue weighted by Crippen LogP contribution is -2.60. The fourth-order valence-corrected chi connectivity index (χ4v) is 1.18. The molecule has 0 aromatic heterocycles. The Hall–Kier alpha value is -0.160. The van der Waals surface area contributed by atoms with Crippen LogP contribution in [-0.4, -0.2) is 35.2 Å². The van der Waals surface area contributed by atoms with Crippen molar-refractivity contribution < 1.29 is 0 Å². The van der Waals surface area contributed by atoms with Crippen LogP contribution in [0.3, 0.4) is 0 Å². The highest BCUT2D eigenvalue weighted by atomic mass is 15.5. The van der Waals surface area contributed by atoms with Crippen molar-refractivity contribution in [3.63, 3.8) is 0 Å². The average Bonchev–Trinajstić information content (AvgIpc) is 1.84. The minimum absolute atomic E-state index is 0.376. The number of nitrogens with two attached hydrogens (primary N) is 2. The second-order valence-corrected chi connectivity index (χ2v) is 3.09. The SMILES string of the molecule is CC1CN(N)C(C)CN1N. The molecule has 1 fully saturated rings. The van der Waals surface area contributed by atoms with Gasteiger partial charge in [0.25, 0.3) is 0 Å². The molecule has 2 unspecified atom stereocenters. The van der Waals surface area contributed by atoms with Gasteiger partial charge in [0.05, 0.1) is 0 Å². The number of rotatable bonds is 0. The summed E-state index contributed by atoms with van der Waals surface area (Å²) in [5.74, 6) is 11.4. The molecule has 0 aromatic rings. The Morgan fingerprint density at radius 2 is 1.30 bits per heavy atom. The molecule has 0 radical (unpaired) electrons. The molecule has 1 aliphatic rings. The highest BCUT2D eigenvalue weighted by Gasteiger charge is 2.24. The highest BCUT2D eigenvalue weighted by Crippen LogP contribution is 2.06. The third-order valence-electron chi connectivity index (χ3n) is 2.08. The zero-order valence-corrected chi connectivity index (χ0v) is 6.62. The summed E-state index contributed by atoms with van der Waals surface area (Å²) >= 11 is 0. The molecule has 1 saturated heterocycles. The van der Waals surface area contributed by atoms with Crippen molar-refractivity contribution in [2.45, 2.75) is 25.9 Å². The van der Waals surface area contributed by atoms with Crippen LogP contribution >= 0.6 is 0 Å². The Kier molecular flexibility index (Phi) is 2.25. The van der Waals surface area contributed by atoms with Gasteiger partial charge in [0.1, 0.15) is 0 Å². The third-order valence-corrected chi connectivity index (χ3v) is 2.08. The van der Waals surface area contributed by atoms with Gasteiger partial charge in [0, 0.05) is 25.2 Å². The van der Waals surface area contributed by atoms with E-state index in [1.54, 1.807) is 0 Å². The van der Waals surface area contributed by atoms with E-state index < -0.39 is 0 Å². The van der Waals surface area contributed by atoms with Gasteiger partial charge in [0.15, 0.2) is 0 Å². The maximum Gasteiger partial charge on any atom is 0.0354 e. The first-order chi connectivity index (χ1) is 4.61. The minimum atomic E-state index is 0.376. The van der Waals surface area contributed by atoms with Crippen molar-refractivity contribution in [2.24, 2.45) is 11.7 Å². The predicted octanol–water partition coefficient (Wildman–Crippen LogP) is -0.872. The Labute approximate surface area is 61.7 Å². The van der Waals surface area contributed by atoms with Crippen molar-refractivity contribution in [3.05, 3.63) is 0 Å². The van der Waals surface area contributed by atoms with Crippen LogP contribution < -0.4 is 11.7 Å². The molecule has 0 amide bonds. The molecular weight excluding hydrogens is 128 g/mol. The number of nitrogens with zero attached hydrogens (tertiary/aromatic N) is 2. The van der Waals surface area contributed by atoms with E-state index in [0.717, 1.165) is 13.1 Å². The lowest BCUT2D eigenvalue weighted by Gasteiger charge is -2.39. The van der Waals surface area contributed by atoms with E-state index in [0.29, 0.717) is 12.1 Å². The summed E-state index contributed by atoms with van der Waals surface area (Å²) in [4.78, 5) is 0. The molecule has 4 N–H and O–H groups in total. The third kappa shape index (κ3) is 1.46. The number of piperazine rings is 1. The summed E-state index contributed by atoms with van der Waals surface area (Å²) in [7, 11) is 0. The van der Waals surface area contributed by atoms with Crippen molar-refractivity contribution >= 4 is 0 Å². The van der Waals surface area contributed by atoms with Crippen molar-refractivity contribution in [3.8, 4) is 0 Å². The van der Waals surface area contributed by atoms with Crippen LogP contribution in [0.25, 0.3) is 0 Å². The Bertz CT molecular complexity index is 90.3. The molecule has 10 heavy (non-hydrogen) atoms. The van der Waals surface area contributed by atoms with E-state index in [4.69, 9.17) is 11.7 Å². The number of hydrazine groups is 2. The standard InChI is InChI=1S/C6H16N4/c1-5-3-10(8)6(2)4-9(5)7/h5-6H,3-4,7-8H2,1-2H3. The normalized spacial score (nSPS) is 38.4. The van der Waals surface area contributed by atoms with E-state index in [-0.39, 0.29) is 0 Å². The zero-order valence-electron chi connectivity index (χ0n) is 6.62. The second kappa shape index (κ2) is 2.84. The van der Waals surface area contributed by atoms with Crippen LogP contribution in [0.15, 0.2) is 0 Å². The topological polar surface area (TPSA) is 58.5 Å². The van der Waals surface area contributed by atoms with Gasteiger partial charge >= 0.3 is 0 Å². The summed E-state index contributed by atoms with van der Waals surface area (Å²) in [6.07, 6.45) is 0. The number of hydrogen-bond donors (Lipinski definition) is 2. The van der Waals surface area contributed by atoms with Gasteiger partial charge in [-0.05, 0) is 13.8 Å². The molecule has 60 valence electrons. The van der Waals surface area contributed by atoms with E-state index in [2.05, 4.69) is 13.8 Å². The molecule has 0 aliphatic carbocycles. The molecule has 0 spiro atoms. The van der Waals surface area contributed by atoms with Crippen LogP contribution in [0.5, 0.6) is 0 Å². The van der Waals surface area contributed by atoms with Crippen molar-refractivity contribution in [2.75, 3.05) is 13.1 Å². The van der Waals surface area contributed by atoms with Gasteiger partial charge in [-0.1, -0.05) is 0 Å². The maximum absolute atomic E-state index is 5.68. The summed E-state index contributed by atoms with van der Waals surface area (Å²) < 4.78 is 0. The van der Waals surface area contributed by atoms with Gasteiger partial charge in [-0.2, -0.15) is 0 Å².